The van der Waals surface area contributed by atoms with Crippen molar-refractivity contribution in [3.05, 3.63) is 29.3 Å². The van der Waals surface area contributed by atoms with Gasteiger partial charge in [-0.3, -0.25) is 9.59 Å². The third-order valence-corrected chi connectivity index (χ3v) is 2.82. The average molecular weight is 218 g/mol. The molecule has 1 heterocycles. The fraction of sp³-hybridized carbons (Fsp3) is 0.333. The molecule has 1 aliphatic heterocycles. The summed E-state index contributed by atoms with van der Waals surface area (Å²) in [7, 11) is 0. The summed E-state index contributed by atoms with van der Waals surface area (Å²) in [4.78, 5) is 23.0. The second-order valence-corrected chi connectivity index (χ2v) is 4.10. The van der Waals surface area contributed by atoms with Crippen molar-refractivity contribution in [2.24, 2.45) is 11.7 Å². The summed E-state index contributed by atoms with van der Waals surface area (Å²) in [5, 5.41) is 2.73. The molecular formula is C12H14N2O2. The van der Waals surface area contributed by atoms with Gasteiger partial charge in [-0.15, -0.1) is 0 Å². The molecule has 0 aromatic heterocycles. The molecule has 0 aliphatic carbocycles. The van der Waals surface area contributed by atoms with Gasteiger partial charge in [0, 0.05) is 23.7 Å². The second kappa shape index (κ2) is 4.06. The lowest BCUT2D eigenvalue weighted by molar-refractivity contribution is -0.115. The number of Topliss-reactive ketones (excluding diaryl/α,β-unsaturated/α-hetero) is 1. The van der Waals surface area contributed by atoms with Crippen LogP contribution in [0.25, 0.3) is 0 Å². The largest absolute Gasteiger partial charge is 0.330 e. The van der Waals surface area contributed by atoms with Gasteiger partial charge in [-0.05, 0) is 23.8 Å². The number of rotatable bonds is 3. The molecule has 1 aromatic carbocycles. The molecule has 84 valence electrons. The van der Waals surface area contributed by atoms with Crippen molar-refractivity contribution in [2.75, 3.05) is 11.9 Å². The summed E-state index contributed by atoms with van der Waals surface area (Å²) >= 11 is 0. The number of hydrogen-bond acceptors (Lipinski definition) is 3. The Morgan fingerprint density at radius 1 is 1.56 bits per heavy atom. The van der Waals surface area contributed by atoms with Gasteiger partial charge in [0.05, 0.1) is 6.42 Å². The molecule has 0 bridgehead atoms. The highest BCUT2D eigenvalue weighted by Crippen LogP contribution is 2.24. The minimum Gasteiger partial charge on any atom is -0.330 e. The summed E-state index contributed by atoms with van der Waals surface area (Å²) in [5.74, 6) is -0.167. The molecule has 4 heteroatoms. The van der Waals surface area contributed by atoms with E-state index in [1.807, 2.05) is 0 Å². The summed E-state index contributed by atoms with van der Waals surface area (Å²) in [6.45, 7) is 2.14. The number of nitrogens with two attached hydrogens (primary N) is 1. The van der Waals surface area contributed by atoms with Crippen LogP contribution in [0.5, 0.6) is 0 Å². The Morgan fingerprint density at radius 3 is 3.00 bits per heavy atom. The van der Waals surface area contributed by atoms with Crippen LogP contribution >= 0.6 is 0 Å². The van der Waals surface area contributed by atoms with E-state index >= 15 is 0 Å². The van der Waals surface area contributed by atoms with Crippen LogP contribution in [-0.2, 0) is 11.2 Å². The zero-order valence-corrected chi connectivity index (χ0v) is 9.12. The Labute approximate surface area is 93.8 Å². The first-order valence-corrected chi connectivity index (χ1v) is 5.29. The van der Waals surface area contributed by atoms with Crippen molar-refractivity contribution in [2.45, 2.75) is 13.3 Å². The number of hydrogen-bond donors (Lipinski definition) is 2. The molecule has 3 N–H and O–H groups in total. The number of benzene rings is 1. The quantitative estimate of drug-likeness (QED) is 0.742. The highest BCUT2D eigenvalue weighted by atomic mass is 16.1. The molecule has 1 unspecified atom stereocenters. The Balaban J connectivity index is 2.29. The SMILES string of the molecule is CC(CN)C(=O)c1ccc2c(c1)CC(=O)N2. The molecule has 16 heavy (non-hydrogen) atoms. The van der Waals surface area contributed by atoms with Gasteiger partial charge in [-0.25, -0.2) is 0 Å². The van der Waals surface area contributed by atoms with E-state index in [4.69, 9.17) is 5.73 Å². The predicted molar refractivity (Wildman–Crippen MR) is 61.3 cm³/mol. The zero-order valence-electron chi connectivity index (χ0n) is 9.12. The Morgan fingerprint density at radius 2 is 2.31 bits per heavy atom. The smallest absolute Gasteiger partial charge is 0.228 e. The van der Waals surface area contributed by atoms with Gasteiger partial charge in [0.2, 0.25) is 5.91 Å². The third kappa shape index (κ3) is 1.84. The summed E-state index contributed by atoms with van der Waals surface area (Å²) in [6.07, 6.45) is 0.355. The van der Waals surface area contributed by atoms with Crippen LogP contribution in [0, 0.1) is 5.92 Å². The lowest BCUT2D eigenvalue weighted by Crippen LogP contribution is -2.20. The number of carbonyl (C=O) groups excluding carboxylic acids is 2. The third-order valence-electron chi connectivity index (χ3n) is 2.82. The highest BCUT2D eigenvalue weighted by Gasteiger charge is 2.20. The second-order valence-electron chi connectivity index (χ2n) is 4.10. The number of amides is 1. The van der Waals surface area contributed by atoms with Gasteiger partial charge in [0.1, 0.15) is 0 Å². The molecule has 1 atom stereocenters. The Bertz CT molecular complexity index is 454. The molecular weight excluding hydrogens is 204 g/mol. The lowest BCUT2D eigenvalue weighted by atomic mass is 9.97. The lowest BCUT2D eigenvalue weighted by Gasteiger charge is -2.08. The monoisotopic (exact) mass is 218 g/mol. The minimum absolute atomic E-state index is 0.0218. The van der Waals surface area contributed by atoms with Crippen LogP contribution in [0.4, 0.5) is 5.69 Å². The van der Waals surface area contributed by atoms with Crippen LogP contribution in [0.15, 0.2) is 18.2 Å². The molecule has 2 rings (SSSR count). The van der Waals surface area contributed by atoms with E-state index in [2.05, 4.69) is 5.32 Å². The van der Waals surface area contributed by atoms with Crippen molar-refractivity contribution >= 4 is 17.4 Å². The van der Waals surface area contributed by atoms with Crippen molar-refractivity contribution < 1.29 is 9.59 Å². The molecule has 4 nitrogen and oxygen atoms in total. The van der Waals surface area contributed by atoms with Crippen molar-refractivity contribution in [1.29, 1.82) is 0 Å². The van der Waals surface area contributed by atoms with E-state index < -0.39 is 0 Å². The summed E-state index contributed by atoms with van der Waals surface area (Å²) in [5.41, 5.74) is 7.79. The van der Waals surface area contributed by atoms with Gasteiger partial charge in [0.25, 0.3) is 0 Å². The Kier molecular flexibility index (Phi) is 2.75. The molecule has 0 saturated carbocycles. The molecule has 0 saturated heterocycles. The van der Waals surface area contributed by atoms with Gasteiger partial charge in [-0.2, -0.15) is 0 Å². The normalized spacial score (nSPS) is 15.5. The number of anilines is 1. The Hall–Kier alpha value is -1.68. The van der Waals surface area contributed by atoms with E-state index in [1.165, 1.54) is 0 Å². The van der Waals surface area contributed by atoms with E-state index in [-0.39, 0.29) is 17.6 Å². The van der Waals surface area contributed by atoms with E-state index in [0.29, 0.717) is 18.5 Å². The van der Waals surface area contributed by atoms with Crippen molar-refractivity contribution in [1.82, 2.24) is 0 Å². The zero-order chi connectivity index (χ0) is 11.7. The predicted octanol–water partition coefficient (Wildman–Crippen LogP) is 0.959. The number of carbonyl (C=O) groups is 2. The molecule has 0 fully saturated rings. The molecule has 1 aromatic rings. The maximum atomic E-state index is 11.9. The maximum absolute atomic E-state index is 11.9. The molecule has 0 radical (unpaired) electrons. The number of fused-ring (bicyclic) bond motifs is 1. The first kappa shape index (κ1) is 10.8. The first-order valence-electron chi connectivity index (χ1n) is 5.29. The van der Waals surface area contributed by atoms with Crippen LogP contribution in [0.3, 0.4) is 0 Å². The fourth-order valence-electron chi connectivity index (χ4n) is 1.77. The minimum atomic E-state index is -0.178. The summed E-state index contributed by atoms with van der Waals surface area (Å²) < 4.78 is 0. The molecule has 1 aliphatic rings. The van der Waals surface area contributed by atoms with E-state index in [0.717, 1.165) is 11.3 Å². The van der Waals surface area contributed by atoms with Crippen LogP contribution in [0.1, 0.15) is 22.8 Å². The van der Waals surface area contributed by atoms with Gasteiger partial charge >= 0.3 is 0 Å². The highest BCUT2D eigenvalue weighted by molar-refractivity contribution is 6.02. The molecule has 1 amide bonds. The van der Waals surface area contributed by atoms with Crippen LogP contribution in [0.2, 0.25) is 0 Å². The average Bonchev–Trinajstić information content (AvgIpc) is 2.65. The molecule has 0 spiro atoms. The van der Waals surface area contributed by atoms with E-state index in [9.17, 15) is 9.59 Å². The van der Waals surface area contributed by atoms with Gasteiger partial charge in [-0.1, -0.05) is 6.92 Å². The topological polar surface area (TPSA) is 72.2 Å². The van der Waals surface area contributed by atoms with Crippen molar-refractivity contribution in [3.63, 3.8) is 0 Å². The number of ketones is 1. The van der Waals surface area contributed by atoms with Crippen LogP contribution < -0.4 is 11.1 Å². The van der Waals surface area contributed by atoms with Gasteiger partial charge in [0.15, 0.2) is 5.78 Å². The maximum Gasteiger partial charge on any atom is 0.228 e. The van der Waals surface area contributed by atoms with Gasteiger partial charge < -0.3 is 11.1 Å². The summed E-state index contributed by atoms with van der Waals surface area (Å²) in [6, 6.07) is 5.29. The number of nitrogens with one attached hydrogen (secondary N) is 1. The van der Waals surface area contributed by atoms with E-state index in [1.54, 1.807) is 25.1 Å². The van der Waals surface area contributed by atoms with Crippen LogP contribution in [-0.4, -0.2) is 18.2 Å². The first-order chi connectivity index (χ1) is 7.61. The fourth-order valence-corrected chi connectivity index (χ4v) is 1.77. The standard InChI is InChI=1S/C12H14N2O2/c1-7(6-13)12(16)8-2-3-10-9(4-8)5-11(15)14-10/h2-4,7H,5-6,13H2,1H3,(H,14,15). The van der Waals surface area contributed by atoms with Crippen molar-refractivity contribution in [3.8, 4) is 0 Å².